The fourth-order valence-corrected chi connectivity index (χ4v) is 4.06. The Morgan fingerprint density at radius 3 is 2.66 bits per heavy atom. The molecule has 3 aromatic heterocycles. The van der Waals surface area contributed by atoms with Gasteiger partial charge in [0.2, 0.25) is 11.4 Å². The third-order valence-electron chi connectivity index (χ3n) is 5.95. The molecule has 2 N–H and O–H groups in total. The van der Waals surface area contributed by atoms with Gasteiger partial charge in [0, 0.05) is 47.9 Å². The zero-order valence-electron chi connectivity index (χ0n) is 19.6. The maximum absolute atomic E-state index is 13.1. The number of aromatic nitrogens is 4. The fourth-order valence-electron chi connectivity index (χ4n) is 4.06. The van der Waals surface area contributed by atoms with Gasteiger partial charge in [0.05, 0.1) is 12.5 Å². The Hall–Kier alpha value is -4.50. The number of fused-ring (bicyclic) bond motifs is 2. The number of aryl methyl sites for hydroxylation is 2. The molecule has 0 spiro atoms. The van der Waals surface area contributed by atoms with Crippen molar-refractivity contribution >= 4 is 39.5 Å². The van der Waals surface area contributed by atoms with Crippen LogP contribution in [0, 0.1) is 0 Å². The maximum Gasteiger partial charge on any atom is 0.280 e. The Kier molecular flexibility index (Phi) is 5.76. The topological polar surface area (TPSA) is 103 Å². The van der Waals surface area contributed by atoms with E-state index in [9.17, 15) is 9.59 Å². The lowest BCUT2D eigenvalue weighted by Crippen LogP contribution is -2.29. The first-order valence-electron chi connectivity index (χ1n) is 11.2. The van der Waals surface area contributed by atoms with Crippen LogP contribution in [0.2, 0.25) is 0 Å². The summed E-state index contributed by atoms with van der Waals surface area (Å²) in [5.74, 6) is -0.308. The van der Waals surface area contributed by atoms with Gasteiger partial charge in [-0.3, -0.25) is 14.4 Å². The van der Waals surface area contributed by atoms with Gasteiger partial charge in [-0.1, -0.05) is 19.1 Å². The predicted octanol–water partition coefficient (Wildman–Crippen LogP) is 3.87. The lowest BCUT2D eigenvalue weighted by molar-refractivity contribution is 0.0536. The number of rotatable bonds is 6. The lowest BCUT2D eigenvalue weighted by Gasteiger charge is -2.14. The van der Waals surface area contributed by atoms with Crippen LogP contribution in [0.5, 0.6) is 0 Å². The number of nitrogens with one attached hydrogen (secondary N) is 2. The van der Waals surface area contributed by atoms with Crippen LogP contribution in [0.3, 0.4) is 0 Å². The molecule has 0 saturated heterocycles. The summed E-state index contributed by atoms with van der Waals surface area (Å²) >= 11 is 0. The van der Waals surface area contributed by atoms with Crippen LogP contribution in [0.1, 0.15) is 22.8 Å². The summed E-state index contributed by atoms with van der Waals surface area (Å²) in [4.78, 5) is 39.4. The molecule has 9 nitrogen and oxygen atoms in total. The molecule has 0 aliphatic heterocycles. The van der Waals surface area contributed by atoms with Crippen molar-refractivity contribution in [1.29, 1.82) is 0 Å². The van der Waals surface area contributed by atoms with E-state index in [1.165, 1.54) is 25.1 Å². The third kappa shape index (κ3) is 4.13. The molecule has 35 heavy (non-hydrogen) atoms. The number of carbonyl (C=O) groups is 1. The number of amides is 1. The molecule has 176 valence electrons. The molecular formula is C26H24N6O3. The Balaban J connectivity index is 1.64. The van der Waals surface area contributed by atoms with Crippen molar-refractivity contribution in [1.82, 2.24) is 24.6 Å². The number of hydroxylamine groups is 1. The van der Waals surface area contributed by atoms with Crippen molar-refractivity contribution in [2.45, 2.75) is 13.3 Å². The van der Waals surface area contributed by atoms with Crippen LogP contribution >= 0.6 is 0 Å². The summed E-state index contributed by atoms with van der Waals surface area (Å²) in [5.41, 5.74) is 5.91. The second kappa shape index (κ2) is 9.03. The molecule has 0 aliphatic carbocycles. The number of anilines is 2. The predicted molar refractivity (Wildman–Crippen MR) is 135 cm³/mol. The van der Waals surface area contributed by atoms with Gasteiger partial charge >= 0.3 is 0 Å². The van der Waals surface area contributed by atoms with E-state index in [1.54, 1.807) is 4.57 Å². The summed E-state index contributed by atoms with van der Waals surface area (Å²) in [7, 11) is 3.31. The molecule has 9 heteroatoms. The van der Waals surface area contributed by atoms with E-state index in [0.29, 0.717) is 11.6 Å². The van der Waals surface area contributed by atoms with Gasteiger partial charge in [0.25, 0.3) is 5.91 Å². The van der Waals surface area contributed by atoms with Crippen molar-refractivity contribution in [2.24, 2.45) is 7.05 Å². The molecule has 0 bridgehead atoms. The average Bonchev–Trinajstić information content (AvgIpc) is 3.24. The second-order valence-electron chi connectivity index (χ2n) is 8.15. The van der Waals surface area contributed by atoms with Crippen molar-refractivity contribution in [2.75, 3.05) is 12.4 Å². The van der Waals surface area contributed by atoms with Gasteiger partial charge in [-0.05, 0) is 48.4 Å². The first kappa shape index (κ1) is 22.3. The largest absolute Gasteiger partial charge is 0.351 e. The Bertz CT molecular complexity index is 1620. The van der Waals surface area contributed by atoms with Gasteiger partial charge in [-0.15, -0.1) is 0 Å². The van der Waals surface area contributed by atoms with Gasteiger partial charge in [-0.2, -0.15) is 4.98 Å². The van der Waals surface area contributed by atoms with Gasteiger partial charge in [0.1, 0.15) is 5.56 Å². The molecule has 2 aromatic carbocycles. The molecule has 0 radical (unpaired) electrons. The smallest absolute Gasteiger partial charge is 0.280 e. The highest BCUT2D eigenvalue weighted by Gasteiger charge is 2.18. The molecule has 0 unspecified atom stereocenters. The first-order chi connectivity index (χ1) is 17.0. The molecule has 0 aliphatic rings. The number of benzene rings is 2. The summed E-state index contributed by atoms with van der Waals surface area (Å²) in [6.45, 7) is 2.08. The summed E-state index contributed by atoms with van der Waals surface area (Å²) in [5, 5.41) is 4.53. The molecule has 0 atom stereocenters. The van der Waals surface area contributed by atoms with E-state index in [4.69, 9.17) is 4.84 Å². The summed E-state index contributed by atoms with van der Waals surface area (Å²) < 4.78 is 3.76. The van der Waals surface area contributed by atoms with Crippen LogP contribution in [0.25, 0.3) is 27.6 Å². The van der Waals surface area contributed by atoms with E-state index < -0.39 is 11.3 Å². The second-order valence-corrected chi connectivity index (χ2v) is 8.15. The van der Waals surface area contributed by atoms with Crippen LogP contribution in [-0.4, -0.2) is 32.1 Å². The SMILES string of the molecule is CCc1ccc(-n2cc(C(=O)NOC)c(=O)c3cnc(Nc4ccc5c(ccn5C)c4)nc32)cc1. The average molecular weight is 469 g/mol. The highest BCUT2D eigenvalue weighted by Crippen LogP contribution is 2.23. The van der Waals surface area contributed by atoms with Crippen molar-refractivity contribution < 1.29 is 9.63 Å². The van der Waals surface area contributed by atoms with Gasteiger partial charge < -0.3 is 14.5 Å². The number of nitrogens with zero attached hydrogens (tertiary/aromatic N) is 4. The fraction of sp³-hybridized carbons (Fsp3) is 0.154. The van der Waals surface area contributed by atoms with Crippen molar-refractivity contribution in [3.05, 3.63) is 88.5 Å². The number of hydrogen-bond acceptors (Lipinski definition) is 6. The Morgan fingerprint density at radius 1 is 1.11 bits per heavy atom. The van der Waals surface area contributed by atoms with Crippen LogP contribution in [0.15, 0.2) is 71.9 Å². The van der Waals surface area contributed by atoms with Crippen LogP contribution in [-0.2, 0) is 18.3 Å². The van der Waals surface area contributed by atoms with Gasteiger partial charge in [0.15, 0.2) is 5.65 Å². The normalized spacial score (nSPS) is 11.2. The third-order valence-corrected chi connectivity index (χ3v) is 5.95. The quantitative estimate of drug-likeness (QED) is 0.367. The van der Waals surface area contributed by atoms with E-state index >= 15 is 0 Å². The monoisotopic (exact) mass is 468 g/mol. The first-order valence-corrected chi connectivity index (χ1v) is 11.2. The number of hydrogen-bond donors (Lipinski definition) is 2. The molecular weight excluding hydrogens is 444 g/mol. The number of carbonyl (C=O) groups excluding carboxylic acids is 1. The molecule has 0 fully saturated rings. The lowest BCUT2D eigenvalue weighted by atomic mass is 10.1. The van der Waals surface area contributed by atoms with E-state index in [0.717, 1.165) is 28.7 Å². The Morgan fingerprint density at radius 2 is 1.91 bits per heavy atom. The van der Waals surface area contributed by atoms with Gasteiger partial charge in [-0.25, -0.2) is 10.5 Å². The zero-order chi connectivity index (χ0) is 24.5. The molecule has 0 saturated carbocycles. The zero-order valence-corrected chi connectivity index (χ0v) is 19.6. The molecule has 3 heterocycles. The standard InChI is InChI=1S/C26H24N6O3/c1-4-16-5-8-19(9-6-16)32-15-21(25(34)30-35-3)23(33)20-14-27-26(29-24(20)32)28-18-7-10-22-17(13-18)11-12-31(22)2/h5-15H,4H2,1-3H3,(H,30,34)(H,27,28,29). The minimum absolute atomic E-state index is 0.0715. The Labute approximate surface area is 201 Å². The van der Waals surface area contributed by atoms with Crippen LogP contribution in [0.4, 0.5) is 11.6 Å². The van der Waals surface area contributed by atoms with Crippen molar-refractivity contribution in [3.8, 4) is 5.69 Å². The molecule has 5 aromatic rings. The number of pyridine rings is 1. The summed E-state index contributed by atoms with van der Waals surface area (Å²) in [6, 6.07) is 15.9. The highest BCUT2D eigenvalue weighted by molar-refractivity contribution is 5.96. The van der Waals surface area contributed by atoms with E-state index in [1.807, 2.05) is 66.3 Å². The van der Waals surface area contributed by atoms with E-state index in [-0.39, 0.29) is 10.9 Å². The maximum atomic E-state index is 13.1. The van der Waals surface area contributed by atoms with Crippen LogP contribution < -0.4 is 16.2 Å². The van der Waals surface area contributed by atoms with E-state index in [2.05, 4.69) is 27.7 Å². The highest BCUT2D eigenvalue weighted by atomic mass is 16.6. The summed E-state index contributed by atoms with van der Waals surface area (Å²) in [6.07, 6.45) is 5.82. The molecule has 1 amide bonds. The minimum Gasteiger partial charge on any atom is -0.351 e. The van der Waals surface area contributed by atoms with Crippen molar-refractivity contribution in [3.63, 3.8) is 0 Å². The minimum atomic E-state index is -0.642. The molecule has 5 rings (SSSR count).